The van der Waals surface area contributed by atoms with Crippen molar-refractivity contribution in [3.8, 4) is 0 Å². The summed E-state index contributed by atoms with van der Waals surface area (Å²) in [7, 11) is 4.24. The number of nitrogens with two attached hydrogens (primary N) is 1. The van der Waals surface area contributed by atoms with Gasteiger partial charge in [-0.05, 0) is 38.1 Å². The van der Waals surface area contributed by atoms with Crippen LogP contribution in [0.15, 0.2) is 24.3 Å². The second-order valence-electron chi connectivity index (χ2n) is 4.29. The first-order valence-corrected chi connectivity index (χ1v) is 5.16. The minimum Gasteiger partial charge on any atom is -0.328 e. The molecule has 14 heavy (non-hydrogen) atoms. The molecule has 0 aliphatic heterocycles. The van der Waals surface area contributed by atoms with Gasteiger partial charge in [-0.1, -0.05) is 24.3 Å². The predicted octanol–water partition coefficient (Wildman–Crippen LogP) is 1.35. The quantitative estimate of drug-likeness (QED) is 0.762. The molecule has 1 atom stereocenters. The fourth-order valence-corrected chi connectivity index (χ4v) is 2.53. The Morgan fingerprint density at radius 3 is 2.71 bits per heavy atom. The number of aryl methyl sites for hydroxylation is 1. The van der Waals surface area contributed by atoms with Crippen LogP contribution in [0.4, 0.5) is 0 Å². The van der Waals surface area contributed by atoms with Crippen LogP contribution < -0.4 is 5.73 Å². The van der Waals surface area contributed by atoms with Crippen LogP contribution in [0.25, 0.3) is 0 Å². The zero-order valence-corrected chi connectivity index (χ0v) is 8.96. The fraction of sp³-hybridized carbons (Fsp3) is 0.500. The van der Waals surface area contributed by atoms with Gasteiger partial charge in [0, 0.05) is 6.54 Å². The van der Waals surface area contributed by atoms with Crippen molar-refractivity contribution >= 4 is 0 Å². The van der Waals surface area contributed by atoms with Gasteiger partial charge in [-0.2, -0.15) is 0 Å². The Hall–Kier alpha value is -0.860. The van der Waals surface area contributed by atoms with E-state index in [1.165, 1.54) is 11.1 Å². The molecule has 0 fully saturated rings. The molecule has 2 N–H and O–H groups in total. The number of nitrogens with zero attached hydrogens (tertiary/aromatic N) is 1. The van der Waals surface area contributed by atoms with Crippen LogP contribution >= 0.6 is 0 Å². The van der Waals surface area contributed by atoms with Gasteiger partial charge >= 0.3 is 0 Å². The zero-order valence-electron chi connectivity index (χ0n) is 8.96. The molecule has 0 spiro atoms. The van der Waals surface area contributed by atoms with E-state index in [1.54, 1.807) is 0 Å². The van der Waals surface area contributed by atoms with Crippen molar-refractivity contribution in [3.63, 3.8) is 0 Å². The molecule has 0 aromatic heterocycles. The van der Waals surface area contributed by atoms with Gasteiger partial charge in [0.05, 0.1) is 5.54 Å². The standard InChI is InChI=1S/C12H18N2/c1-14(2)12(9-13)8-7-10-5-3-4-6-11(10)12/h3-6H,7-9,13H2,1-2H3. The lowest BCUT2D eigenvalue weighted by Crippen LogP contribution is -2.45. The average Bonchev–Trinajstić information content (AvgIpc) is 2.57. The van der Waals surface area contributed by atoms with E-state index >= 15 is 0 Å². The van der Waals surface area contributed by atoms with E-state index in [9.17, 15) is 0 Å². The molecule has 0 amide bonds. The first-order chi connectivity index (χ1) is 6.70. The van der Waals surface area contributed by atoms with E-state index in [0.717, 1.165) is 12.8 Å². The average molecular weight is 190 g/mol. The van der Waals surface area contributed by atoms with Gasteiger partial charge < -0.3 is 5.73 Å². The lowest BCUT2D eigenvalue weighted by Gasteiger charge is -2.36. The second kappa shape index (κ2) is 3.37. The molecule has 0 bridgehead atoms. The van der Waals surface area contributed by atoms with Crippen LogP contribution in [-0.2, 0) is 12.0 Å². The molecule has 1 unspecified atom stereocenters. The molecule has 2 nitrogen and oxygen atoms in total. The number of rotatable bonds is 2. The largest absolute Gasteiger partial charge is 0.328 e. The molecule has 0 saturated heterocycles. The molecule has 1 aliphatic rings. The SMILES string of the molecule is CN(C)C1(CN)CCc2ccccc21. The molecule has 2 rings (SSSR count). The van der Waals surface area contributed by atoms with Crippen molar-refractivity contribution in [1.82, 2.24) is 4.90 Å². The van der Waals surface area contributed by atoms with Crippen molar-refractivity contribution in [2.24, 2.45) is 5.73 Å². The highest BCUT2D eigenvalue weighted by molar-refractivity contribution is 5.39. The van der Waals surface area contributed by atoms with E-state index in [4.69, 9.17) is 5.73 Å². The number of hydrogen-bond donors (Lipinski definition) is 1. The molecule has 1 aromatic carbocycles. The van der Waals surface area contributed by atoms with Gasteiger partial charge in [-0.15, -0.1) is 0 Å². The molecular formula is C12H18N2. The van der Waals surface area contributed by atoms with Gasteiger partial charge in [-0.25, -0.2) is 0 Å². The molecule has 76 valence electrons. The third-order valence-electron chi connectivity index (χ3n) is 3.52. The van der Waals surface area contributed by atoms with Gasteiger partial charge in [-0.3, -0.25) is 4.90 Å². The van der Waals surface area contributed by atoms with Crippen molar-refractivity contribution in [2.75, 3.05) is 20.6 Å². The number of fused-ring (bicyclic) bond motifs is 1. The summed E-state index contributed by atoms with van der Waals surface area (Å²) in [5.41, 5.74) is 8.91. The maximum Gasteiger partial charge on any atom is 0.0584 e. The minimum absolute atomic E-state index is 0.0800. The summed E-state index contributed by atoms with van der Waals surface area (Å²) >= 11 is 0. The highest BCUT2D eigenvalue weighted by Gasteiger charge is 2.38. The van der Waals surface area contributed by atoms with E-state index in [0.29, 0.717) is 6.54 Å². The molecule has 2 heteroatoms. The Kier molecular flexibility index (Phi) is 2.33. The number of benzene rings is 1. The molecule has 0 radical (unpaired) electrons. The highest BCUT2D eigenvalue weighted by atomic mass is 15.2. The molecule has 1 aromatic rings. The first-order valence-electron chi connectivity index (χ1n) is 5.16. The lowest BCUT2D eigenvalue weighted by atomic mass is 9.91. The Morgan fingerprint density at radius 1 is 1.36 bits per heavy atom. The Morgan fingerprint density at radius 2 is 2.07 bits per heavy atom. The monoisotopic (exact) mass is 190 g/mol. The van der Waals surface area contributed by atoms with E-state index < -0.39 is 0 Å². The summed E-state index contributed by atoms with van der Waals surface area (Å²) < 4.78 is 0. The highest BCUT2D eigenvalue weighted by Crippen LogP contribution is 2.39. The summed E-state index contributed by atoms with van der Waals surface area (Å²) in [5.74, 6) is 0. The van der Waals surface area contributed by atoms with Gasteiger partial charge in [0.1, 0.15) is 0 Å². The lowest BCUT2D eigenvalue weighted by molar-refractivity contribution is 0.161. The topological polar surface area (TPSA) is 29.3 Å². The van der Waals surface area contributed by atoms with E-state index in [-0.39, 0.29) is 5.54 Å². The summed E-state index contributed by atoms with van der Waals surface area (Å²) in [4.78, 5) is 2.26. The van der Waals surface area contributed by atoms with Gasteiger partial charge in [0.25, 0.3) is 0 Å². The number of hydrogen-bond acceptors (Lipinski definition) is 2. The number of likely N-dealkylation sites (N-methyl/N-ethyl adjacent to an activating group) is 1. The molecule has 0 heterocycles. The summed E-state index contributed by atoms with van der Waals surface area (Å²) in [5, 5.41) is 0. The van der Waals surface area contributed by atoms with Gasteiger partial charge in [0.15, 0.2) is 0 Å². The summed E-state index contributed by atoms with van der Waals surface area (Å²) in [6.45, 7) is 0.705. The van der Waals surface area contributed by atoms with Crippen LogP contribution in [0.3, 0.4) is 0 Å². The van der Waals surface area contributed by atoms with E-state index in [1.807, 2.05) is 0 Å². The van der Waals surface area contributed by atoms with Crippen molar-refractivity contribution in [3.05, 3.63) is 35.4 Å². The molecule has 1 aliphatic carbocycles. The fourth-order valence-electron chi connectivity index (χ4n) is 2.53. The van der Waals surface area contributed by atoms with Crippen LogP contribution in [0.1, 0.15) is 17.5 Å². The van der Waals surface area contributed by atoms with Crippen molar-refractivity contribution < 1.29 is 0 Å². The van der Waals surface area contributed by atoms with Crippen molar-refractivity contribution in [2.45, 2.75) is 18.4 Å². The van der Waals surface area contributed by atoms with Crippen LogP contribution in [0, 0.1) is 0 Å². The Bertz CT molecular complexity index is 333. The first kappa shape index (κ1) is 9.69. The Labute approximate surface area is 85.7 Å². The van der Waals surface area contributed by atoms with Crippen LogP contribution in [0.5, 0.6) is 0 Å². The third-order valence-corrected chi connectivity index (χ3v) is 3.52. The van der Waals surface area contributed by atoms with Gasteiger partial charge in [0.2, 0.25) is 0 Å². The second-order valence-corrected chi connectivity index (χ2v) is 4.29. The van der Waals surface area contributed by atoms with Crippen LogP contribution in [-0.4, -0.2) is 25.5 Å². The molecular weight excluding hydrogens is 172 g/mol. The smallest absolute Gasteiger partial charge is 0.0584 e. The van der Waals surface area contributed by atoms with Crippen molar-refractivity contribution in [1.29, 1.82) is 0 Å². The molecule has 0 saturated carbocycles. The van der Waals surface area contributed by atoms with Crippen LogP contribution in [0.2, 0.25) is 0 Å². The maximum absolute atomic E-state index is 5.94. The van der Waals surface area contributed by atoms with E-state index in [2.05, 4.69) is 43.3 Å². The third kappa shape index (κ3) is 1.18. The summed E-state index contributed by atoms with van der Waals surface area (Å²) in [6, 6.07) is 8.66. The normalized spacial score (nSPS) is 25.4. The maximum atomic E-state index is 5.94. The summed E-state index contributed by atoms with van der Waals surface area (Å²) in [6.07, 6.45) is 2.31. The predicted molar refractivity (Wildman–Crippen MR) is 59.2 cm³/mol. The zero-order chi connectivity index (χ0) is 10.2. The Balaban J connectivity index is 2.50. The minimum atomic E-state index is 0.0800.